The Morgan fingerprint density at radius 1 is 1.41 bits per heavy atom. The average Bonchev–Trinajstić information content (AvgIpc) is 2.80. The number of rotatable bonds is 6. The molecule has 1 N–H and O–H groups in total. The second-order valence-corrected chi connectivity index (χ2v) is 6.40. The number of aryl methyl sites for hydroxylation is 1. The Hall–Kier alpha value is -1.79. The van der Waals surface area contributed by atoms with Crippen molar-refractivity contribution >= 4 is 17.2 Å². The number of amides is 1. The molecule has 1 heterocycles. The van der Waals surface area contributed by atoms with Crippen molar-refractivity contribution in [2.45, 2.75) is 26.3 Å². The predicted molar refractivity (Wildman–Crippen MR) is 85.4 cm³/mol. The molecule has 0 radical (unpaired) electrons. The lowest BCUT2D eigenvalue weighted by atomic mass is 10.1. The minimum Gasteiger partial charge on any atom is -0.383 e. The zero-order valence-electron chi connectivity index (χ0n) is 12.9. The smallest absolute Gasteiger partial charge is 0.225 e. The Morgan fingerprint density at radius 3 is 2.73 bits per heavy atom. The highest BCUT2D eigenvalue weighted by atomic mass is 32.1. The van der Waals surface area contributed by atoms with E-state index in [9.17, 15) is 9.18 Å². The third-order valence-electron chi connectivity index (χ3n) is 3.07. The minimum absolute atomic E-state index is 0.0409. The largest absolute Gasteiger partial charge is 0.383 e. The number of aromatic nitrogens is 1. The molecule has 0 bridgehead atoms. The molecular formula is C16H19FN2O2S. The molecule has 0 fully saturated rings. The van der Waals surface area contributed by atoms with Crippen LogP contribution in [0.25, 0.3) is 11.3 Å². The molecule has 2 aromatic rings. The first-order valence-corrected chi connectivity index (χ1v) is 7.81. The lowest BCUT2D eigenvalue weighted by Gasteiger charge is -2.12. The van der Waals surface area contributed by atoms with Crippen molar-refractivity contribution in [1.82, 2.24) is 10.3 Å². The summed E-state index contributed by atoms with van der Waals surface area (Å²) in [5.74, 6) is -0.361. The summed E-state index contributed by atoms with van der Waals surface area (Å²) in [5, 5.41) is 3.76. The van der Waals surface area contributed by atoms with E-state index in [2.05, 4.69) is 10.3 Å². The van der Waals surface area contributed by atoms with Gasteiger partial charge in [0.25, 0.3) is 0 Å². The molecule has 0 spiro atoms. The van der Waals surface area contributed by atoms with E-state index in [-0.39, 0.29) is 24.2 Å². The van der Waals surface area contributed by atoms with E-state index >= 15 is 0 Å². The lowest BCUT2D eigenvalue weighted by Crippen LogP contribution is -2.36. The number of hydrogen-bond donors (Lipinski definition) is 1. The average molecular weight is 322 g/mol. The topological polar surface area (TPSA) is 51.2 Å². The summed E-state index contributed by atoms with van der Waals surface area (Å²) < 4.78 is 18.0. The van der Waals surface area contributed by atoms with E-state index < -0.39 is 0 Å². The molecule has 1 amide bonds. The Labute approximate surface area is 133 Å². The van der Waals surface area contributed by atoms with Crippen LogP contribution in [0.3, 0.4) is 0 Å². The first kappa shape index (κ1) is 16.6. The molecule has 1 unspecified atom stereocenters. The van der Waals surface area contributed by atoms with Gasteiger partial charge in [0.05, 0.1) is 23.7 Å². The fourth-order valence-corrected chi connectivity index (χ4v) is 3.14. The van der Waals surface area contributed by atoms with Crippen molar-refractivity contribution in [2.24, 2.45) is 0 Å². The van der Waals surface area contributed by atoms with Crippen molar-refractivity contribution in [1.29, 1.82) is 0 Å². The fraction of sp³-hybridized carbons (Fsp3) is 0.375. The summed E-state index contributed by atoms with van der Waals surface area (Å²) in [6, 6.07) is 6.11. The number of ether oxygens (including phenoxy) is 1. The molecule has 0 aliphatic rings. The van der Waals surface area contributed by atoms with Gasteiger partial charge in [0.1, 0.15) is 5.82 Å². The summed E-state index contributed by atoms with van der Waals surface area (Å²) in [6.45, 7) is 4.26. The van der Waals surface area contributed by atoms with Crippen LogP contribution >= 0.6 is 11.3 Å². The van der Waals surface area contributed by atoms with Crippen LogP contribution in [-0.2, 0) is 16.0 Å². The minimum atomic E-state index is -0.289. The number of hydrogen-bond acceptors (Lipinski definition) is 4. The summed E-state index contributed by atoms with van der Waals surface area (Å²) >= 11 is 1.49. The second kappa shape index (κ2) is 7.47. The van der Waals surface area contributed by atoms with Crippen LogP contribution in [0.15, 0.2) is 24.3 Å². The van der Waals surface area contributed by atoms with Crippen molar-refractivity contribution in [3.8, 4) is 11.3 Å². The fourth-order valence-electron chi connectivity index (χ4n) is 2.19. The monoisotopic (exact) mass is 322 g/mol. The summed E-state index contributed by atoms with van der Waals surface area (Å²) in [5.41, 5.74) is 1.57. The normalized spacial score (nSPS) is 12.2. The van der Waals surface area contributed by atoms with E-state index in [0.717, 1.165) is 21.1 Å². The van der Waals surface area contributed by atoms with Crippen molar-refractivity contribution in [2.75, 3.05) is 13.7 Å². The van der Waals surface area contributed by atoms with Gasteiger partial charge in [-0.1, -0.05) is 0 Å². The molecule has 0 saturated heterocycles. The van der Waals surface area contributed by atoms with Gasteiger partial charge in [0.15, 0.2) is 0 Å². The van der Waals surface area contributed by atoms with Gasteiger partial charge in [-0.15, -0.1) is 11.3 Å². The lowest BCUT2D eigenvalue weighted by molar-refractivity contribution is -0.121. The summed E-state index contributed by atoms with van der Waals surface area (Å²) in [6.07, 6.45) is 0.256. The van der Waals surface area contributed by atoms with Gasteiger partial charge in [-0.25, -0.2) is 9.37 Å². The van der Waals surface area contributed by atoms with E-state index in [0.29, 0.717) is 6.61 Å². The Balaban J connectivity index is 2.15. The zero-order valence-corrected chi connectivity index (χ0v) is 13.7. The third-order valence-corrected chi connectivity index (χ3v) is 4.04. The van der Waals surface area contributed by atoms with E-state index in [4.69, 9.17) is 4.74 Å². The van der Waals surface area contributed by atoms with Crippen LogP contribution in [0.5, 0.6) is 0 Å². The summed E-state index contributed by atoms with van der Waals surface area (Å²) in [4.78, 5) is 17.4. The van der Waals surface area contributed by atoms with Crippen LogP contribution in [-0.4, -0.2) is 30.6 Å². The quantitative estimate of drug-likeness (QED) is 0.889. The molecule has 1 aromatic carbocycles. The first-order valence-electron chi connectivity index (χ1n) is 7.00. The molecule has 6 heteroatoms. The van der Waals surface area contributed by atoms with Gasteiger partial charge in [-0.05, 0) is 38.1 Å². The number of nitrogens with one attached hydrogen (secondary N) is 1. The Morgan fingerprint density at radius 2 is 2.09 bits per heavy atom. The maximum atomic E-state index is 13.0. The molecule has 4 nitrogen and oxygen atoms in total. The molecule has 2 rings (SSSR count). The highest BCUT2D eigenvalue weighted by Gasteiger charge is 2.16. The molecule has 0 saturated carbocycles. The van der Waals surface area contributed by atoms with E-state index in [1.165, 1.54) is 23.5 Å². The number of carbonyl (C=O) groups excluding carboxylic acids is 1. The molecule has 22 heavy (non-hydrogen) atoms. The van der Waals surface area contributed by atoms with Crippen molar-refractivity contribution in [3.63, 3.8) is 0 Å². The second-order valence-electron chi connectivity index (χ2n) is 5.11. The molecule has 118 valence electrons. The third kappa shape index (κ3) is 4.35. The predicted octanol–water partition coefficient (Wildman–Crippen LogP) is 2.95. The molecule has 0 aliphatic heterocycles. The van der Waals surface area contributed by atoms with Gasteiger partial charge in [0, 0.05) is 23.6 Å². The SMILES string of the molecule is COCC(C)NC(=O)Cc1sc(C)nc1-c1ccc(F)cc1. The Kier molecular flexibility index (Phi) is 5.63. The van der Waals surface area contributed by atoms with Crippen LogP contribution < -0.4 is 5.32 Å². The molecule has 1 aromatic heterocycles. The number of nitrogens with zero attached hydrogens (tertiary/aromatic N) is 1. The highest BCUT2D eigenvalue weighted by Crippen LogP contribution is 2.28. The molecule has 1 atom stereocenters. The Bertz CT molecular complexity index is 640. The number of thiazole rings is 1. The maximum absolute atomic E-state index is 13.0. The molecule has 0 aliphatic carbocycles. The van der Waals surface area contributed by atoms with Crippen LogP contribution in [0.2, 0.25) is 0 Å². The number of benzene rings is 1. The highest BCUT2D eigenvalue weighted by molar-refractivity contribution is 7.12. The van der Waals surface area contributed by atoms with E-state index in [1.807, 2.05) is 13.8 Å². The van der Waals surface area contributed by atoms with Crippen molar-refractivity contribution in [3.05, 3.63) is 40.0 Å². The first-order chi connectivity index (χ1) is 10.5. The molecular weight excluding hydrogens is 303 g/mol. The van der Waals surface area contributed by atoms with Gasteiger partial charge in [0.2, 0.25) is 5.91 Å². The van der Waals surface area contributed by atoms with Crippen LogP contribution in [0, 0.1) is 12.7 Å². The van der Waals surface area contributed by atoms with Gasteiger partial charge in [-0.3, -0.25) is 4.79 Å². The van der Waals surface area contributed by atoms with E-state index in [1.54, 1.807) is 19.2 Å². The number of methoxy groups -OCH3 is 1. The number of carbonyl (C=O) groups is 1. The standard InChI is InChI=1S/C16H19FN2O2S/c1-10(9-21-3)18-15(20)8-14-16(19-11(2)22-14)12-4-6-13(17)7-5-12/h4-7,10H,8-9H2,1-3H3,(H,18,20). The van der Waals surface area contributed by atoms with Crippen molar-refractivity contribution < 1.29 is 13.9 Å². The summed E-state index contributed by atoms with van der Waals surface area (Å²) in [7, 11) is 1.60. The van der Waals surface area contributed by atoms with Crippen LogP contribution in [0.1, 0.15) is 16.8 Å². The number of halogens is 1. The maximum Gasteiger partial charge on any atom is 0.225 e. The van der Waals surface area contributed by atoms with Crippen LogP contribution in [0.4, 0.5) is 4.39 Å². The van der Waals surface area contributed by atoms with Gasteiger partial charge in [-0.2, -0.15) is 0 Å². The zero-order chi connectivity index (χ0) is 16.1. The van der Waals surface area contributed by atoms with Gasteiger partial charge >= 0.3 is 0 Å². The van der Waals surface area contributed by atoms with Gasteiger partial charge < -0.3 is 10.1 Å².